The summed E-state index contributed by atoms with van der Waals surface area (Å²) < 4.78 is 10.9. The van der Waals surface area contributed by atoms with E-state index in [-0.39, 0.29) is 11.9 Å². The fourth-order valence-electron chi connectivity index (χ4n) is 3.28. The third kappa shape index (κ3) is 4.45. The normalized spacial score (nSPS) is 13.8. The molecular formula is C22H22N4O3. The number of nitrogens with zero attached hydrogens (tertiary/aromatic N) is 4. The van der Waals surface area contributed by atoms with Crippen LogP contribution in [0.25, 0.3) is 0 Å². The van der Waals surface area contributed by atoms with Crippen LogP contribution in [-0.2, 0) is 0 Å². The molecule has 1 saturated heterocycles. The Morgan fingerprint density at radius 2 is 1.62 bits per heavy atom. The predicted molar refractivity (Wildman–Crippen MR) is 110 cm³/mol. The van der Waals surface area contributed by atoms with Crippen LogP contribution in [0, 0.1) is 0 Å². The van der Waals surface area contributed by atoms with Crippen molar-refractivity contribution < 1.29 is 14.3 Å². The summed E-state index contributed by atoms with van der Waals surface area (Å²) in [5.74, 6) is 1.38. The largest absolute Gasteiger partial charge is 0.497 e. The van der Waals surface area contributed by atoms with Gasteiger partial charge < -0.3 is 19.3 Å². The highest BCUT2D eigenvalue weighted by molar-refractivity contribution is 5.94. The van der Waals surface area contributed by atoms with Crippen LogP contribution < -0.4 is 14.4 Å². The summed E-state index contributed by atoms with van der Waals surface area (Å²) in [6, 6.07) is 17.1. The number of hydrogen-bond acceptors (Lipinski definition) is 6. The highest BCUT2D eigenvalue weighted by Crippen LogP contribution is 2.22. The summed E-state index contributed by atoms with van der Waals surface area (Å²) in [5.41, 5.74) is 1.73. The molecule has 0 saturated carbocycles. The number of rotatable bonds is 5. The molecule has 4 rings (SSSR count). The summed E-state index contributed by atoms with van der Waals surface area (Å²) in [4.78, 5) is 25.2. The van der Waals surface area contributed by atoms with Crippen LogP contribution in [0.1, 0.15) is 10.4 Å². The SMILES string of the molecule is COc1ccc(N2CCN(C(=O)c3cccc(Oc4ncccn4)c3)CC2)cc1. The predicted octanol–water partition coefficient (Wildman–Crippen LogP) is 3.24. The van der Waals surface area contributed by atoms with Gasteiger partial charge in [-0.3, -0.25) is 4.79 Å². The van der Waals surface area contributed by atoms with Crippen LogP contribution in [-0.4, -0.2) is 54.1 Å². The molecule has 2 aromatic carbocycles. The minimum atomic E-state index is -0.00110. The molecule has 0 atom stereocenters. The average molecular weight is 390 g/mol. The maximum atomic E-state index is 12.9. The van der Waals surface area contributed by atoms with Crippen molar-refractivity contribution in [2.45, 2.75) is 0 Å². The second kappa shape index (κ2) is 8.60. The molecule has 0 bridgehead atoms. The molecule has 2 heterocycles. The van der Waals surface area contributed by atoms with Gasteiger partial charge in [-0.05, 0) is 48.5 Å². The van der Waals surface area contributed by atoms with E-state index in [1.54, 1.807) is 49.8 Å². The first kappa shape index (κ1) is 18.7. The lowest BCUT2D eigenvalue weighted by Gasteiger charge is -2.36. The lowest BCUT2D eigenvalue weighted by Crippen LogP contribution is -2.48. The lowest BCUT2D eigenvalue weighted by atomic mass is 10.1. The van der Waals surface area contributed by atoms with Crippen molar-refractivity contribution in [1.29, 1.82) is 0 Å². The van der Waals surface area contributed by atoms with Crippen molar-refractivity contribution in [3.05, 3.63) is 72.6 Å². The summed E-state index contributed by atoms with van der Waals surface area (Å²) in [7, 11) is 1.66. The van der Waals surface area contributed by atoms with Crippen LogP contribution in [0.4, 0.5) is 5.69 Å². The van der Waals surface area contributed by atoms with E-state index in [0.29, 0.717) is 24.4 Å². The standard InChI is InChI=1S/C22H22N4O3/c1-28-19-8-6-18(7-9-19)25-12-14-26(15-13-25)21(27)17-4-2-5-20(16-17)29-22-23-10-3-11-24-22/h2-11,16H,12-15H2,1H3. The van der Waals surface area contributed by atoms with Crippen molar-refractivity contribution in [2.24, 2.45) is 0 Å². The van der Waals surface area contributed by atoms with Crippen molar-refractivity contribution in [2.75, 3.05) is 38.2 Å². The third-order valence-corrected chi connectivity index (χ3v) is 4.84. The minimum Gasteiger partial charge on any atom is -0.497 e. The third-order valence-electron chi connectivity index (χ3n) is 4.84. The maximum Gasteiger partial charge on any atom is 0.321 e. The molecule has 148 valence electrons. The number of anilines is 1. The molecular weight excluding hydrogens is 368 g/mol. The molecule has 0 N–H and O–H groups in total. The highest BCUT2D eigenvalue weighted by Gasteiger charge is 2.22. The summed E-state index contributed by atoms with van der Waals surface area (Å²) >= 11 is 0. The molecule has 1 fully saturated rings. The maximum absolute atomic E-state index is 12.9. The molecule has 0 unspecified atom stereocenters. The van der Waals surface area contributed by atoms with Gasteiger partial charge in [0.1, 0.15) is 11.5 Å². The Labute approximate surface area is 169 Å². The van der Waals surface area contributed by atoms with Crippen molar-refractivity contribution in [3.63, 3.8) is 0 Å². The Kier molecular flexibility index (Phi) is 5.56. The topological polar surface area (TPSA) is 67.8 Å². The van der Waals surface area contributed by atoms with E-state index in [1.807, 2.05) is 29.2 Å². The van der Waals surface area contributed by atoms with Crippen LogP contribution in [0.3, 0.4) is 0 Å². The highest BCUT2D eigenvalue weighted by atomic mass is 16.5. The van der Waals surface area contributed by atoms with Crippen LogP contribution in [0.15, 0.2) is 67.0 Å². The van der Waals surface area contributed by atoms with Gasteiger partial charge in [-0.2, -0.15) is 0 Å². The molecule has 7 nitrogen and oxygen atoms in total. The van der Waals surface area contributed by atoms with Gasteiger partial charge in [0.15, 0.2) is 0 Å². The van der Waals surface area contributed by atoms with Gasteiger partial charge in [-0.1, -0.05) is 6.07 Å². The fourth-order valence-corrected chi connectivity index (χ4v) is 3.28. The van der Waals surface area contributed by atoms with Crippen molar-refractivity contribution in [1.82, 2.24) is 14.9 Å². The molecule has 1 aliphatic heterocycles. The summed E-state index contributed by atoms with van der Waals surface area (Å²) in [6.07, 6.45) is 3.22. The second-order valence-electron chi connectivity index (χ2n) is 6.64. The van der Waals surface area contributed by atoms with Gasteiger partial charge in [0.05, 0.1) is 7.11 Å². The number of methoxy groups -OCH3 is 1. The van der Waals surface area contributed by atoms with Crippen molar-refractivity contribution >= 4 is 11.6 Å². The summed E-state index contributed by atoms with van der Waals surface area (Å²) in [6.45, 7) is 2.90. The Hall–Kier alpha value is -3.61. The van der Waals surface area contributed by atoms with Crippen LogP contribution in [0.5, 0.6) is 17.5 Å². The van der Waals surface area contributed by atoms with Gasteiger partial charge >= 0.3 is 6.01 Å². The first-order valence-electron chi connectivity index (χ1n) is 9.46. The molecule has 0 spiro atoms. The zero-order valence-electron chi connectivity index (χ0n) is 16.2. The van der Waals surface area contributed by atoms with E-state index < -0.39 is 0 Å². The number of hydrogen-bond donors (Lipinski definition) is 0. The molecule has 1 amide bonds. The first-order chi connectivity index (χ1) is 14.2. The lowest BCUT2D eigenvalue weighted by molar-refractivity contribution is 0.0746. The Morgan fingerprint density at radius 1 is 0.897 bits per heavy atom. The number of aromatic nitrogens is 2. The molecule has 0 radical (unpaired) electrons. The van der Waals surface area contributed by atoms with E-state index in [1.165, 1.54) is 0 Å². The monoisotopic (exact) mass is 390 g/mol. The number of benzene rings is 2. The number of carbonyl (C=O) groups is 1. The molecule has 0 aliphatic carbocycles. The van der Waals surface area contributed by atoms with Gasteiger partial charge in [-0.15, -0.1) is 0 Å². The van der Waals surface area contributed by atoms with E-state index in [9.17, 15) is 4.79 Å². The van der Waals surface area contributed by atoms with E-state index in [2.05, 4.69) is 14.9 Å². The molecule has 7 heteroatoms. The average Bonchev–Trinajstić information content (AvgIpc) is 2.80. The quantitative estimate of drug-likeness (QED) is 0.666. The van der Waals surface area contributed by atoms with Crippen molar-refractivity contribution in [3.8, 4) is 17.5 Å². The zero-order chi connectivity index (χ0) is 20.1. The number of ether oxygens (including phenoxy) is 2. The van der Waals surface area contributed by atoms with Gasteiger partial charge in [0.25, 0.3) is 5.91 Å². The van der Waals surface area contributed by atoms with Crippen LogP contribution >= 0.6 is 0 Å². The Morgan fingerprint density at radius 3 is 2.31 bits per heavy atom. The molecule has 29 heavy (non-hydrogen) atoms. The number of carbonyl (C=O) groups excluding carboxylic acids is 1. The van der Waals surface area contributed by atoms with E-state index in [0.717, 1.165) is 24.5 Å². The van der Waals surface area contributed by atoms with Gasteiger partial charge in [0, 0.05) is 49.8 Å². The molecule has 1 aromatic heterocycles. The molecule has 3 aromatic rings. The smallest absolute Gasteiger partial charge is 0.321 e. The van der Waals surface area contributed by atoms with E-state index >= 15 is 0 Å². The molecule has 1 aliphatic rings. The zero-order valence-corrected chi connectivity index (χ0v) is 16.2. The number of amides is 1. The second-order valence-corrected chi connectivity index (χ2v) is 6.64. The Bertz CT molecular complexity index is 955. The van der Waals surface area contributed by atoms with E-state index in [4.69, 9.17) is 9.47 Å². The summed E-state index contributed by atoms with van der Waals surface area (Å²) in [5, 5.41) is 0. The minimum absolute atomic E-state index is 0.00110. The number of piperazine rings is 1. The van der Waals surface area contributed by atoms with Gasteiger partial charge in [0.2, 0.25) is 0 Å². The first-order valence-corrected chi connectivity index (χ1v) is 9.46. The fraction of sp³-hybridized carbons (Fsp3) is 0.227. The van der Waals surface area contributed by atoms with Crippen LogP contribution in [0.2, 0.25) is 0 Å². The Balaban J connectivity index is 1.38. The van der Waals surface area contributed by atoms with Gasteiger partial charge in [-0.25, -0.2) is 9.97 Å².